The average molecular weight is 505 g/mol. The smallest absolute Gasteiger partial charge is 0.433 e. The van der Waals surface area contributed by atoms with Crippen LogP contribution >= 0.6 is 0 Å². The fraction of sp³-hybridized carbons (Fsp3) is 0.600. The molecule has 0 aromatic carbocycles. The molecule has 4 atom stereocenters. The summed E-state index contributed by atoms with van der Waals surface area (Å²) in [6, 6.07) is 1.73. The number of hydrogen-bond acceptors (Lipinski definition) is 8. The molecule has 0 amide bonds. The first-order valence-electron chi connectivity index (χ1n) is 10.9. The van der Waals surface area contributed by atoms with Crippen molar-refractivity contribution < 1.29 is 35.5 Å². The van der Waals surface area contributed by atoms with Crippen LogP contribution in [0.25, 0.3) is 5.65 Å². The molecular weight excluding hydrogens is 484 g/mol. The molecule has 1 saturated carbocycles. The van der Waals surface area contributed by atoms with Crippen molar-refractivity contribution in [2.75, 3.05) is 23.3 Å². The van der Waals surface area contributed by atoms with E-state index in [2.05, 4.69) is 25.6 Å². The van der Waals surface area contributed by atoms with Crippen LogP contribution in [0.2, 0.25) is 0 Å². The predicted molar refractivity (Wildman–Crippen MR) is 109 cm³/mol. The van der Waals surface area contributed by atoms with Crippen LogP contribution in [-0.4, -0.2) is 56.2 Å². The summed E-state index contributed by atoms with van der Waals surface area (Å²) in [4.78, 5) is 6.06. The molecule has 1 saturated heterocycles. The molecule has 1 unspecified atom stereocenters. The van der Waals surface area contributed by atoms with Crippen LogP contribution in [0.15, 0.2) is 16.5 Å². The van der Waals surface area contributed by atoms with E-state index in [1.165, 1.54) is 0 Å². The number of anilines is 2. The number of nitrogens with zero attached hydrogens (tertiary/aromatic N) is 6. The van der Waals surface area contributed by atoms with Crippen molar-refractivity contribution in [3.63, 3.8) is 0 Å². The topological polar surface area (TPSA) is 93.6 Å². The van der Waals surface area contributed by atoms with Crippen molar-refractivity contribution >= 4 is 17.6 Å². The van der Waals surface area contributed by atoms with Gasteiger partial charge in [-0.25, -0.2) is 4.52 Å². The van der Waals surface area contributed by atoms with E-state index in [1.807, 2.05) is 4.90 Å². The number of fused-ring (bicyclic) bond motifs is 3. The minimum Gasteiger partial charge on any atom is -0.477 e. The predicted octanol–water partition coefficient (Wildman–Crippen LogP) is 4.10. The zero-order chi connectivity index (χ0) is 25.1. The lowest BCUT2D eigenvalue weighted by Crippen LogP contribution is -2.48. The average Bonchev–Trinajstić information content (AvgIpc) is 3.43. The second-order valence-electron chi connectivity index (χ2n) is 8.83. The molecule has 3 aromatic heterocycles. The summed E-state index contributed by atoms with van der Waals surface area (Å²) < 4.78 is 90.5. The van der Waals surface area contributed by atoms with Gasteiger partial charge in [-0.3, -0.25) is 0 Å². The molecule has 1 aliphatic heterocycles. The van der Waals surface area contributed by atoms with E-state index in [-0.39, 0.29) is 23.8 Å². The fourth-order valence-corrected chi connectivity index (χ4v) is 4.74. The quantitative estimate of drug-likeness (QED) is 0.519. The number of rotatable bonds is 5. The molecule has 35 heavy (non-hydrogen) atoms. The van der Waals surface area contributed by atoms with E-state index < -0.39 is 35.5 Å². The Hall–Kier alpha value is -3.26. The van der Waals surface area contributed by atoms with Crippen LogP contribution in [0.4, 0.5) is 38.3 Å². The number of halogens is 6. The summed E-state index contributed by atoms with van der Waals surface area (Å²) >= 11 is 0. The van der Waals surface area contributed by atoms with E-state index in [9.17, 15) is 26.3 Å². The number of pyridine rings is 1. The minimum absolute atomic E-state index is 0.107. The SMILES string of the molecule is Cc1nnc(N2CC3CC[C@@H](C2)[C@@H]3Nc2nc3c(O[C@@H](C)C(F)(F)F)ccc(C(F)(F)F)n3n2)o1. The van der Waals surface area contributed by atoms with Gasteiger partial charge in [0.05, 0.1) is 0 Å². The third kappa shape index (κ3) is 4.43. The highest BCUT2D eigenvalue weighted by atomic mass is 19.4. The molecule has 2 fully saturated rings. The van der Waals surface area contributed by atoms with Crippen molar-refractivity contribution in [2.24, 2.45) is 11.8 Å². The summed E-state index contributed by atoms with van der Waals surface area (Å²) in [7, 11) is 0. The fourth-order valence-electron chi connectivity index (χ4n) is 4.74. The normalized spacial score (nSPS) is 23.7. The summed E-state index contributed by atoms with van der Waals surface area (Å²) in [5.41, 5.74) is -1.63. The Labute approximate surface area is 194 Å². The molecule has 2 bridgehead atoms. The summed E-state index contributed by atoms with van der Waals surface area (Å²) in [6.45, 7) is 3.64. The minimum atomic E-state index is -4.80. The Bertz CT molecular complexity index is 1210. The van der Waals surface area contributed by atoms with Crippen molar-refractivity contribution in [2.45, 2.75) is 51.2 Å². The summed E-state index contributed by atoms with van der Waals surface area (Å²) in [6.07, 6.45) is -10.0. The Morgan fingerprint density at radius 2 is 1.77 bits per heavy atom. The number of hydrogen-bond donors (Lipinski definition) is 1. The molecular formula is C20H21F6N7O2. The third-order valence-electron chi connectivity index (χ3n) is 6.42. The number of nitrogens with one attached hydrogen (secondary N) is 1. The van der Waals surface area contributed by atoms with Gasteiger partial charge >= 0.3 is 18.4 Å². The van der Waals surface area contributed by atoms with Crippen molar-refractivity contribution in [1.82, 2.24) is 24.8 Å². The van der Waals surface area contributed by atoms with Gasteiger partial charge < -0.3 is 19.4 Å². The maximum atomic E-state index is 13.6. The Balaban J connectivity index is 1.42. The van der Waals surface area contributed by atoms with Gasteiger partial charge in [-0.15, -0.1) is 10.2 Å². The van der Waals surface area contributed by atoms with Gasteiger partial charge in [0.15, 0.2) is 17.5 Å². The zero-order valence-corrected chi connectivity index (χ0v) is 18.6. The number of aryl methyl sites for hydroxylation is 1. The first-order chi connectivity index (χ1) is 16.4. The lowest BCUT2D eigenvalue weighted by atomic mass is 9.92. The van der Waals surface area contributed by atoms with E-state index >= 15 is 0 Å². The summed E-state index contributed by atoms with van der Waals surface area (Å²) in [5.74, 6) is 0.0919. The van der Waals surface area contributed by atoms with Crippen LogP contribution in [0.5, 0.6) is 5.75 Å². The number of ether oxygens (including phenoxy) is 1. The van der Waals surface area contributed by atoms with Crippen LogP contribution in [0.3, 0.4) is 0 Å². The van der Waals surface area contributed by atoms with Crippen LogP contribution in [0.1, 0.15) is 31.4 Å². The second kappa shape index (κ2) is 8.16. The lowest BCUT2D eigenvalue weighted by Gasteiger charge is -2.37. The molecule has 0 radical (unpaired) electrons. The highest BCUT2D eigenvalue weighted by Gasteiger charge is 2.44. The van der Waals surface area contributed by atoms with E-state index in [0.29, 0.717) is 35.6 Å². The largest absolute Gasteiger partial charge is 0.477 e. The lowest BCUT2D eigenvalue weighted by molar-refractivity contribution is -0.189. The Morgan fingerprint density at radius 3 is 2.34 bits per heavy atom. The van der Waals surface area contributed by atoms with Crippen molar-refractivity contribution in [3.8, 4) is 5.75 Å². The Kier molecular flexibility index (Phi) is 5.47. The second-order valence-corrected chi connectivity index (χ2v) is 8.83. The monoisotopic (exact) mass is 505 g/mol. The highest BCUT2D eigenvalue weighted by molar-refractivity contribution is 5.57. The van der Waals surface area contributed by atoms with Gasteiger partial charge in [-0.1, -0.05) is 5.10 Å². The summed E-state index contributed by atoms with van der Waals surface area (Å²) in [5, 5.41) is 14.9. The van der Waals surface area contributed by atoms with Gasteiger partial charge in [-0.2, -0.15) is 31.3 Å². The van der Waals surface area contributed by atoms with Crippen LogP contribution in [-0.2, 0) is 6.18 Å². The molecule has 15 heteroatoms. The molecule has 9 nitrogen and oxygen atoms in total. The number of alkyl halides is 6. The molecule has 3 aromatic rings. The standard InChI is InChI=1S/C20H21F6N7O2/c1-9(19(21,22)23)34-13-5-6-14(20(24,25)26)33-16(13)28-17(31-33)27-15-11-3-4-12(15)8-32(7-11)18-30-29-10(2)35-18/h5-6,9,11-12,15H,3-4,7-8H2,1-2H3,(H,27,31)/t9-,11-,12?,15-/m0/s1. The highest BCUT2D eigenvalue weighted by Crippen LogP contribution is 2.40. The van der Waals surface area contributed by atoms with Crippen molar-refractivity contribution in [3.05, 3.63) is 23.7 Å². The van der Waals surface area contributed by atoms with E-state index in [0.717, 1.165) is 25.8 Å². The maximum Gasteiger partial charge on any atom is 0.433 e. The molecule has 190 valence electrons. The first-order valence-corrected chi connectivity index (χ1v) is 10.9. The Morgan fingerprint density at radius 1 is 1.09 bits per heavy atom. The number of aromatic nitrogens is 5. The van der Waals surface area contributed by atoms with Gasteiger partial charge in [0.25, 0.3) is 0 Å². The molecule has 0 spiro atoms. The third-order valence-corrected chi connectivity index (χ3v) is 6.42. The number of piperidine rings is 1. The van der Waals surface area contributed by atoms with Crippen LogP contribution in [0, 0.1) is 18.8 Å². The molecule has 2 aliphatic rings. The van der Waals surface area contributed by atoms with Gasteiger partial charge in [0.1, 0.15) is 5.69 Å². The molecule has 1 N–H and O–H groups in total. The van der Waals surface area contributed by atoms with Crippen LogP contribution < -0.4 is 15.0 Å². The van der Waals surface area contributed by atoms with E-state index in [4.69, 9.17) is 9.15 Å². The van der Waals surface area contributed by atoms with Crippen molar-refractivity contribution in [1.29, 1.82) is 0 Å². The molecule has 4 heterocycles. The van der Waals surface area contributed by atoms with E-state index in [1.54, 1.807) is 6.92 Å². The molecule has 5 rings (SSSR count). The van der Waals surface area contributed by atoms with Gasteiger partial charge in [0.2, 0.25) is 11.8 Å². The zero-order valence-electron chi connectivity index (χ0n) is 18.6. The van der Waals surface area contributed by atoms with Gasteiger partial charge in [0, 0.05) is 26.1 Å². The van der Waals surface area contributed by atoms with Gasteiger partial charge in [-0.05, 0) is 43.7 Å². The maximum absolute atomic E-state index is 13.6. The first kappa shape index (κ1) is 23.5. The molecule has 1 aliphatic carbocycles.